The molecular weight excluding hydrogens is 232 g/mol. The third kappa shape index (κ3) is 2.23. The smallest absolute Gasteiger partial charge is 0.134 e. The lowest BCUT2D eigenvalue weighted by atomic mass is 10.2. The first-order chi connectivity index (χ1) is 8.43. The fourth-order valence-corrected chi connectivity index (χ4v) is 2.40. The SMILES string of the molecule is c1ccc2c(CNCc3nccs3)coc2c1. The number of aromatic nitrogens is 1. The number of thiazole rings is 1. The maximum Gasteiger partial charge on any atom is 0.134 e. The highest BCUT2D eigenvalue weighted by Gasteiger charge is 2.04. The van der Waals surface area contributed by atoms with Crippen LogP contribution in [-0.4, -0.2) is 4.98 Å². The van der Waals surface area contributed by atoms with Crippen LogP contribution in [0.3, 0.4) is 0 Å². The molecule has 0 saturated carbocycles. The lowest BCUT2D eigenvalue weighted by Gasteiger charge is -2.00. The summed E-state index contributed by atoms with van der Waals surface area (Å²) >= 11 is 1.67. The molecule has 0 amide bonds. The summed E-state index contributed by atoms with van der Waals surface area (Å²) in [6, 6.07) is 8.08. The van der Waals surface area contributed by atoms with E-state index >= 15 is 0 Å². The van der Waals surface area contributed by atoms with E-state index in [0.29, 0.717) is 0 Å². The second-order valence-corrected chi connectivity index (χ2v) is 4.77. The molecule has 2 aromatic heterocycles. The summed E-state index contributed by atoms with van der Waals surface area (Å²) in [6.45, 7) is 1.60. The van der Waals surface area contributed by atoms with Gasteiger partial charge in [0.25, 0.3) is 0 Å². The Morgan fingerprint density at radius 3 is 3.06 bits per heavy atom. The van der Waals surface area contributed by atoms with Crippen LogP contribution in [0.25, 0.3) is 11.0 Å². The summed E-state index contributed by atoms with van der Waals surface area (Å²) in [5, 5.41) is 7.65. The number of nitrogens with one attached hydrogen (secondary N) is 1. The third-order valence-corrected chi connectivity index (χ3v) is 3.42. The van der Waals surface area contributed by atoms with Crippen molar-refractivity contribution in [3.63, 3.8) is 0 Å². The van der Waals surface area contributed by atoms with Crippen molar-refractivity contribution >= 4 is 22.3 Å². The molecule has 0 aliphatic rings. The van der Waals surface area contributed by atoms with Crippen molar-refractivity contribution in [2.24, 2.45) is 0 Å². The molecule has 3 rings (SSSR count). The average molecular weight is 244 g/mol. The third-order valence-electron chi connectivity index (χ3n) is 2.64. The number of hydrogen-bond donors (Lipinski definition) is 1. The van der Waals surface area contributed by atoms with E-state index in [1.807, 2.05) is 36.0 Å². The predicted molar refractivity (Wildman–Crippen MR) is 68.9 cm³/mol. The zero-order valence-electron chi connectivity index (χ0n) is 9.22. The van der Waals surface area contributed by atoms with E-state index in [9.17, 15) is 0 Å². The molecule has 17 heavy (non-hydrogen) atoms. The highest BCUT2D eigenvalue weighted by atomic mass is 32.1. The van der Waals surface area contributed by atoms with Crippen molar-refractivity contribution in [3.8, 4) is 0 Å². The molecule has 1 aromatic carbocycles. The Morgan fingerprint density at radius 2 is 2.18 bits per heavy atom. The summed E-state index contributed by atoms with van der Waals surface area (Å²) in [6.07, 6.45) is 3.65. The van der Waals surface area contributed by atoms with E-state index in [4.69, 9.17) is 4.42 Å². The van der Waals surface area contributed by atoms with Crippen LogP contribution in [0.1, 0.15) is 10.6 Å². The molecule has 2 heterocycles. The average Bonchev–Trinajstić information content (AvgIpc) is 2.99. The molecular formula is C13H12N2OS. The summed E-state index contributed by atoms with van der Waals surface area (Å²) < 4.78 is 5.48. The van der Waals surface area contributed by atoms with Gasteiger partial charge in [0.1, 0.15) is 10.6 Å². The molecule has 0 unspecified atom stereocenters. The van der Waals surface area contributed by atoms with Crippen molar-refractivity contribution in [1.29, 1.82) is 0 Å². The van der Waals surface area contributed by atoms with Gasteiger partial charge in [0.05, 0.1) is 6.26 Å². The Hall–Kier alpha value is -1.65. The maximum absolute atomic E-state index is 5.48. The molecule has 1 N–H and O–H groups in total. The molecule has 0 bridgehead atoms. The van der Waals surface area contributed by atoms with Crippen molar-refractivity contribution in [2.45, 2.75) is 13.1 Å². The number of nitrogens with zero attached hydrogens (tertiary/aromatic N) is 1. The molecule has 3 aromatic rings. The number of furan rings is 1. The fourth-order valence-electron chi connectivity index (χ4n) is 1.81. The van der Waals surface area contributed by atoms with Crippen LogP contribution in [-0.2, 0) is 13.1 Å². The predicted octanol–water partition coefficient (Wildman–Crippen LogP) is 3.18. The van der Waals surface area contributed by atoms with Crippen LogP contribution in [0.4, 0.5) is 0 Å². The minimum Gasteiger partial charge on any atom is -0.464 e. The molecule has 0 spiro atoms. The monoisotopic (exact) mass is 244 g/mol. The van der Waals surface area contributed by atoms with Crippen LogP contribution in [0.15, 0.2) is 46.5 Å². The van der Waals surface area contributed by atoms with Crippen molar-refractivity contribution in [3.05, 3.63) is 52.7 Å². The molecule has 4 heteroatoms. The lowest BCUT2D eigenvalue weighted by Crippen LogP contribution is -2.11. The van der Waals surface area contributed by atoms with Crippen LogP contribution in [0.2, 0.25) is 0 Å². The Balaban J connectivity index is 1.69. The topological polar surface area (TPSA) is 38.1 Å². The van der Waals surface area contributed by atoms with Gasteiger partial charge in [0, 0.05) is 35.6 Å². The number of para-hydroxylation sites is 1. The van der Waals surface area contributed by atoms with Gasteiger partial charge in [-0.1, -0.05) is 18.2 Å². The Bertz CT molecular complexity index is 601. The van der Waals surface area contributed by atoms with Gasteiger partial charge in [-0.05, 0) is 6.07 Å². The molecule has 0 radical (unpaired) electrons. The zero-order valence-corrected chi connectivity index (χ0v) is 10.0. The van der Waals surface area contributed by atoms with Gasteiger partial charge < -0.3 is 9.73 Å². The van der Waals surface area contributed by atoms with Gasteiger partial charge in [-0.2, -0.15) is 0 Å². The minimum atomic E-state index is 0.802. The summed E-state index contributed by atoms with van der Waals surface area (Å²) in [7, 11) is 0. The van der Waals surface area contributed by atoms with E-state index in [0.717, 1.165) is 23.7 Å². The lowest BCUT2D eigenvalue weighted by molar-refractivity contribution is 0.602. The van der Waals surface area contributed by atoms with Gasteiger partial charge in [-0.3, -0.25) is 0 Å². The first-order valence-corrected chi connectivity index (χ1v) is 6.35. The van der Waals surface area contributed by atoms with Crippen LogP contribution in [0, 0.1) is 0 Å². The molecule has 0 saturated heterocycles. The van der Waals surface area contributed by atoms with Crippen molar-refractivity contribution in [2.75, 3.05) is 0 Å². The zero-order chi connectivity index (χ0) is 11.5. The van der Waals surface area contributed by atoms with Crippen LogP contribution >= 0.6 is 11.3 Å². The van der Waals surface area contributed by atoms with Crippen LogP contribution < -0.4 is 5.32 Å². The number of benzene rings is 1. The summed E-state index contributed by atoms with van der Waals surface area (Å²) in [4.78, 5) is 4.23. The highest BCUT2D eigenvalue weighted by molar-refractivity contribution is 7.09. The Labute approximate surface area is 103 Å². The van der Waals surface area contributed by atoms with Crippen molar-refractivity contribution < 1.29 is 4.42 Å². The van der Waals surface area contributed by atoms with E-state index in [1.165, 1.54) is 10.9 Å². The quantitative estimate of drug-likeness (QED) is 0.766. The molecule has 0 aliphatic carbocycles. The normalized spacial score (nSPS) is 11.1. The second-order valence-electron chi connectivity index (χ2n) is 3.79. The Morgan fingerprint density at radius 1 is 1.24 bits per heavy atom. The van der Waals surface area contributed by atoms with Crippen LogP contribution in [0.5, 0.6) is 0 Å². The first-order valence-electron chi connectivity index (χ1n) is 5.48. The minimum absolute atomic E-state index is 0.802. The van der Waals surface area contributed by atoms with Gasteiger partial charge >= 0.3 is 0 Å². The molecule has 0 atom stereocenters. The second kappa shape index (κ2) is 4.69. The van der Waals surface area contributed by atoms with E-state index in [2.05, 4.69) is 16.4 Å². The molecule has 0 fully saturated rings. The maximum atomic E-state index is 5.48. The number of hydrogen-bond acceptors (Lipinski definition) is 4. The fraction of sp³-hybridized carbons (Fsp3) is 0.154. The standard InChI is InChI=1S/C13H12N2OS/c1-2-4-12-11(3-1)10(9-16-12)7-14-8-13-15-5-6-17-13/h1-6,9,14H,7-8H2. The number of fused-ring (bicyclic) bond motifs is 1. The molecule has 3 nitrogen and oxygen atoms in total. The van der Waals surface area contributed by atoms with Gasteiger partial charge in [0.15, 0.2) is 0 Å². The van der Waals surface area contributed by atoms with E-state index in [-0.39, 0.29) is 0 Å². The van der Waals surface area contributed by atoms with E-state index < -0.39 is 0 Å². The largest absolute Gasteiger partial charge is 0.464 e. The van der Waals surface area contributed by atoms with E-state index in [1.54, 1.807) is 11.3 Å². The molecule has 0 aliphatic heterocycles. The summed E-state index contributed by atoms with van der Waals surface area (Å²) in [5.41, 5.74) is 2.13. The molecule has 86 valence electrons. The van der Waals surface area contributed by atoms with Gasteiger partial charge in [-0.15, -0.1) is 11.3 Å². The number of rotatable bonds is 4. The highest BCUT2D eigenvalue weighted by Crippen LogP contribution is 2.20. The van der Waals surface area contributed by atoms with Gasteiger partial charge in [0.2, 0.25) is 0 Å². The van der Waals surface area contributed by atoms with Gasteiger partial charge in [-0.25, -0.2) is 4.98 Å². The Kier molecular flexibility index (Phi) is 2.90. The summed E-state index contributed by atoms with van der Waals surface area (Å²) in [5.74, 6) is 0. The first kappa shape index (κ1) is 10.5. The van der Waals surface area contributed by atoms with Crippen molar-refractivity contribution in [1.82, 2.24) is 10.3 Å².